The first-order valence-corrected chi connectivity index (χ1v) is 9.99. The summed E-state index contributed by atoms with van der Waals surface area (Å²) in [6, 6.07) is 0. The van der Waals surface area contributed by atoms with E-state index in [1.807, 2.05) is 0 Å². The highest BCUT2D eigenvalue weighted by atomic mass is 32.2. The zero-order chi connectivity index (χ0) is 23.7. The number of aliphatic hydroxyl groups excluding tert-OH is 6. The molecule has 3 heterocycles. The maximum absolute atomic E-state index is 10.7. The molecule has 17 heteroatoms. The number of aromatic nitrogens is 2. The summed E-state index contributed by atoms with van der Waals surface area (Å²) in [5.41, 5.74) is -5.65. The predicted octanol–water partition coefficient (Wildman–Crippen LogP) is -3.95. The van der Waals surface area contributed by atoms with Gasteiger partial charge < -0.3 is 44.7 Å². The summed E-state index contributed by atoms with van der Waals surface area (Å²) < 4.78 is 72.6. The molecule has 180 valence electrons. The van der Waals surface area contributed by atoms with Crippen molar-refractivity contribution in [3.8, 4) is 0 Å². The number of nitrogens with zero attached hydrogens (tertiary/aromatic N) is 2. The summed E-state index contributed by atoms with van der Waals surface area (Å²) in [4.78, 5) is 0. The topological polar surface area (TPSA) is 206 Å². The van der Waals surface area contributed by atoms with E-state index in [-0.39, 0.29) is 0 Å². The van der Waals surface area contributed by atoms with Gasteiger partial charge in [0.2, 0.25) is 18.8 Å². The highest BCUT2D eigenvalue weighted by molar-refractivity contribution is 7.86. The first-order valence-electron chi connectivity index (χ1n) is 8.58. The highest BCUT2D eigenvalue weighted by Crippen LogP contribution is 2.30. The van der Waals surface area contributed by atoms with Crippen molar-refractivity contribution in [1.82, 2.24) is 4.57 Å². The van der Waals surface area contributed by atoms with Gasteiger partial charge >= 0.3 is 5.51 Å². The zero-order valence-corrected chi connectivity index (χ0v) is 16.2. The molecule has 8 atom stereocenters. The number of imidazole rings is 1. The zero-order valence-electron chi connectivity index (χ0n) is 15.4. The SMILES string of the molecule is O=S(=O)([O-])C(F)(F)F.OC[C@H]1O[C@@H](n2cc[n+]([C@@H]3O[C@H](CO)[C@@H](O)[C@H]3O)c2)[C@H](O)[C@@H]1O. The second-order valence-electron chi connectivity index (χ2n) is 6.67. The summed E-state index contributed by atoms with van der Waals surface area (Å²) in [5.74, 6) is 0. The van der Waals surface area contributed by atoms with E-state index >= 15 is 0 Å². The van der Waals surface area contributed by atoms with Crippen LogP contribution in [-0.4, -0.2) is 104 Å². The quantitative estimate of drug-likeness (QED) is 0.139. The Morgan fingerprint density at radius 2 is 1.45 bits per heavy atom. The molecule has 2 aliphatic rings. The van der Waals surface area contributed by atoms with Gasteiger partial charge in [-0.15, -0.1) is 0 Å². The molecule has 1 aromatic heterocycles. The molecule has 1 aromatic rings. The van der Waals surface area contributed by atoms with Gasteiger partial charge in [0.15, 0.2) is 10.1 Å². The minimum Gasteiger partial charge on any atom is -0.741 e. The standard InChI is InChI=1S/C13H21N2O8.CHF3O3S/c16-3-6-8(18)10(20)12(22-6)14-1-2-15(5-14)13-11(21)9(19)7(4-17)23-13;2-1(3,4)8(5,6)7/h1-2,5-13,16-21H,3-4H2;(H,5,6,7)/q+1;/p-1/t6-,7-,8-,9-,10-,11-,12-,13-;/m1./s1. The van der Waals surface area contributed by atoms with E-state index < -0.39 is 77.9 Å². The number of ether oxygens (including phenoxy) is 2. The van der Waals surface area contributed by atoms with Gasteiger partial charge in [-0.05, 0) is 0 Å². The monoisotopic (exact) mass is 482 g/mol. The Morgan fingerprint density at radius 1 is 0.968 bits per heavy atom. The number of hydrogen-bond donors (Lipinski definition) is 6. The smallest absolute Gasteiger partial charge is 0.485 e. The van der Waals surface area contributed by atoms with Crippen molar-refractivity contribution in [2.24, 2.45) is 0 Å². The molecule has 13 nitrogen and oxygen atoms in total. The summed E-state index contributed by atoms with van der Waals surface area (Å²) in [7, 11) is -6.09. The van der Waals surface area contributed by atoms with Crippen LogP contribution in [0.3, 0.4) is 0 Å². The maximum Gasteiger partial charge on any atom is 0.485 e. The lowest BCUT2D eigenvalue weighted by Gasteiger charge is -2.12. The minimum atomic E-state index is -6.09. The number of alkyl halides is 3. The molecule has 6 N–H and O–H groups in total. The van der Waals surface area contributed by atoms with Crippen molar-refractivity contribution >= 4 is 10.1 Å². The molecule has 3 rings (SSSR count). The third-order valence-electron chi connectivity index (χ3n) is 4.58. The largest absolute Gasteiger partial charge is 0.741 e. The van der Waals surface area contributed by atoms with Gasteiger partial charge in [0, 0.05) is 0 Å². The summed E-state index contributed by atoms with van der Waals surface area (Å²) >= 11 is 0. The van der Waals surface area contributed by atoms with Crippen LogP contribution in [0.1, 0.15) is 12.5 Å². The molecule has 0 saturated carbocycles. The number of rotatable bonds is 4. The van der Waals surface area contributed by atoms with Crippen molar-refractivity contribution in [3.63, 3.8) is 0 Å². The van der Waals surface area contributed by atoms with E-state index in [2.05, 4.69) is 0 Å². The Kier molecular flexibility index (Phi) is 8.01. The van der Waals surface area contributed by atoms with E-state index in [0.29, 0.717) is 0 Å². The van der Waals surface area contributed by atoms with Crippen LogP contribution in [-0.2, 0) is 19.6 Å². The number of aliphatic hydroxyl groups is 6. The van der Waals surface area contributed by atoms with Gasteiger partial charge in [-0.25, -0.2) is 17.6 Å². The van der Waals surface area contributed by atoms with Crippen LogP contribution in [0.15, 0.2) is 18.7 Å². The predicted molar refractivity (Wildman–Crippen MR) is 86.4 cm³/mol. The molecular weight excluding hydrogens is 461 g/mol. The molecular formula is C14H21F3N2O11S. The molecule has 2 fully saturated rings. The Hall–Kier alpha value is -1.41. The van der Waals surface area contributed by atoms with Crippen LogP contribution in [0.5, 0.6) is 0 Å². The van der Waals surface area contributed by atoms with Crippen LogP contribution in [0.4, 0.5) is 13.2 Å². The van der Waals surface area contributed by atoms with Crippen molar-refractivity contribution in [1.29, 1.82) is 0 Å². The average Bonchev–Trinajstić information content (AvgIpc) is 3.33. The van der Waals surface area contributed by atoms with Crippen LogP contribution < -0.4 is 4.57 Å². The van der Waals surface area contributed by atoms with E-state index in [1.165, 1.54) is 27.9 Å². The second-order valence-corrected chi connectivity index (χ2v) is 8.04. The third-order valence-corrected chi connectivity index (χ3v) is 5.15. The van der Waals surface area contributed by atoms with Gasteiger partial charge in [0.1, 0.15) is 49.0 Å². The van der Waals surface area contributed by atoms with Gasteiger partial charge in [0.05, 0.1) is 13.2 Å². The van der Waals surface area contributed by atoms with Crippen molar-refractivity contribution in [2.75, 3.05) is 13.2 Å². The number of halogens is 3. The van der Waals surface area contributed by atoms with Gasteiger partial charge in [0.25, 0.3) is 0 Å². The lowest BCUT2D eigenvalue weighted by Crippen LogP contribution is -2.45. The van der Waals surface area contributed by atoms with Crippen LogP contribution >= 0.6 is 0 Å². The molecule has 0 aromatic carbocycles. The van der Waals surface area contributed by atoms with Gasteiger partial charge in [-0.1, -0.05) is 0 Å². The Morgan fingerprint density at radius 3 is 1.87 bits per heavy atom. The van der Waals surface area contributed by atoms with Gasteiger partial charge in [-0.3, -0.25) is 0 Å². The second kappa shape index (κ2) is 9.61. The van der Waals surface area contributed by atoms with E-state index in [0.717, 1.165) is 0 Å². The van der Waals surface area contributed by atoms with Gasteiger partial charge in [-0.2, -0.15) is 13.2 Å². The third kappa shape index (κ3) is 5.51. The molecule has 0 radical (unpaired) electrons. The highest BCUT2D eigenvalue weighted by Gasteiger charge is 2.48. The molecule has 31 heavy (non-hydrogen) atoms. The fraction of sp³-hybridized carbons (Fsp3) is 0.786. The molecule has 2 saturated heterocycles. The van der Waals surface area contributed by atoms with E-state index in [1.54, 1.807) is 0 Å². The molecule has 0 aliphatic carbocycles. The van der Waals surface area contributed by atoms with E-state index in [9.17, 15) is 33.6 Å². The van der Waals surface area contributed by atoms with Crippen LogP contribution in [0, 0.1) is 0 Å². The molecule has 0 unspecified atom stereocenters. The fourth-order valence-corrected chi connectivity index (χ4v) is 2.94. The maximum atomic E-state index is 10.7. The summed E-state index contributed by atoms with van der Waals surface area (Å²) in [6.07, 6.45) is -3.91. The molecule has 0 bridgehead atoms. The minimum absolute atomic E-state index is 0.426. The van der Waals surface area contributed by atoms with Crippen LogP contribution in [0.25, 0.3) is 0 Å². The Bertz CT molecular complexity index is 791. The van der Waals surface area contributed by atoms with Crippen LogP contribution in [0.2, 0.25) is 0 Å². The van der Waals surface area contributed by atoms with E-state index in [4.69, 9.17) is 32.7 Å². The Balaban J connectivity index is 0.000000366. The normalized spacial score (nSPS) is 36.3. The lowest BCUT2D eigenvalue weighted by molar-refractivity contribution is -0.765. The molecule has 0 amide bonds. The summed E-state index contributed by atoms with van der Waals surface area (Å²) in [5, 5.41) is 57.7. The first-order chi connectivity index (χ1) is 14.2. The molecule has 2 aliphatic heterocycles. The average molecular weight is 482 g/mol. The van der Waals surface area contributed by atoms with Crippen molar-refractivity contribution < 1.29 is 70.8 Å². The first kappa shape index (κ1) is 25.8. The Labute approximate surface area is 172 Å². The van der Waals surface area contributed by atoms with Crippen molar-refractivity contribution in [3.05, 3.63) is 18.7 Å². The fourth-order valence-electron chi connectivity index (χ4n) is 2.94. The molecule has 0 spiro atoms. The number of hydrogen-bond acceptors (Lipinski definition) is 11. The summed E-state index contributed by atoms with van der Waals surface area (Å²) in [6.45, 7) is -0.852. The van der Waals surface area contributed by atoms with Crippen molar-refractivity contribution in [2.45, 2.75) is 54.6 Å². The lowest BCUT2D eigenvalue weighted by atomic mass is 10.1.